The summed E-state index contributed by atoms with van der Waals surface area (Å²) in [5, 5.41) is 8.42. The molecule has 2 N–H and O–H groups in total. The number of fused-ring (bicyclic) bond motifs is 1. The van der Waals surface area contributed by atoms with Crippen molar-refractivity contribution in [1.82, 2.24) is 9.88 Å². The molecule has 0 bridgehead atoms. The minimum Gasteiger partial charge on any atom is -0.362 e. The Hall–Kier alpha value is -2.33. The molecule has 0 aliphatic heterocycles. The molecule has 112 valence electrons. The zero-order chi connectivity index (χ0) is 15.4. The summed E-state index contributed by atoms with van der Waals surface area (Å²) in [5.74, 6) is 0. The Bertz CT molecular complexity index is 777. The third-order valence-electron chi connectivity index (χ3n) is 3.69. The number of aryl methyl sites for hydroxylation is 1. The summed E-state index contributed by atoms with van der Waals surface area (Å²) in [6.07, 6.45) is 3.14. The second kappa shape index (κ2) is 6.62. The summed E-state index contributed by atoms with van der Waals surface area (Å²) in [5.41, 5.74) is 3.61. The number of nitrogens with one attached hydrogen (secondary N) is 2. The minimum absolute atomic E-state index is 0.659. The van der Waals surface area contributed by atoms with E-state index in [2.05, 4.69) is 52.7 Å². The molecule has 0 fully saturated rings. The molecule has 1 aromatic heterocycles. The van der Waals surface area contributed by atoms with Crippen LogP contribution in [0.4, 0.5) is 5.69 Å². The lowest BCUT2D eigenvalue weighted by molar-refractivity contribution is 0.867. The lowest BCUT2D eigenvalue weighted by Crippen LogP contribution is -2.30. The highest BCUT2D eigenvalue weighted by molar-refractivity contribution is 7.80. The zero-order valence-corrected chi connectivity index (χ0v) is 13.4. The van der Waals surface area contributed by atoms with Gasteiger partial charge >= 0.3 is 0 Å². The summed E-state index contributed by atoms with van der Waals surface area (Å²) in [7, 11) is 2.08. The standard InChI is InChI=1S/C18H19N3S/c1-21-13-14(16-9-5-6-10-17(16)21)11-12-19-18(22)20-15-7-3-2-4-8-15/h2-10,13H,11-12H2,1H3,(H2,19,20,22). The maximum absolute atomic E-state index is 5.33. The van der Waals surface area contributed by atoms with Gasteiger partial charge in [0.1, 0.15) is 0 Å². The van der Waals surface area contributed by atoms with E-state index in [1.54, 1.807) is 0 Å². The molecule has 0 radical (unpaired) electrons. The molecule has 0 unspecified atom stereocenters. The molecule has 0 saturated heterocycles. The normalized spacial score (nSPS) is 10.6. The van der Waals surface area contributed by atoms with Gasteiger partial charge in [0.2, 0.25) is 0 Å². The van der Waals surface area contributed by atoms with Gasteiger partial charge in [0, 0.05) is 36.4 Å². The van der Waals surface area contributed by atoms with Crippen molar-refractivity contribution in [2.45, 2.75) is 6.42 Å². The van der Waals surface area contributed by atoms with E-state index < -0.39 is 0 Å². The van der Waals surface area contributed by atoms with Crippen molar-refractivity contribution >= 4 is 33.9 Å². The number of benzene rings is 2. The first-order chi connectivity index (χ1) is 10.7. The minimum atomic E-state index is 0.659. The van der Waals surface area contributed by atoms with Crippen LogP contribution in [0.1, 0.15) is 5.56 Å². The van der Waals surface area contributed by atoms with Crippen LogP contribution in [0.2, 0.25) is 0 Å². The molecule has 3 aromatic rings. The molecule has 0 aliphatic carbocycles. The van der Waals surface area contributed by atoms with Crippen molar-refractivity contribution in [2.75, 3.05) is 11.9 Å². The van der Waals surface area contributed by atoms with Crippen molar-refractivity contribution in [1.29, 1.82) is 0 Å². The van der Waals surface area contributed by atoms with Crippen LogP contribution in [0.15, 0.2) is 60.8 Å². The van der Waals surface area contributed by atoms with E-state index in [1.807, 2.05) is 30.3 Å². The van der Waals surface area contributed by atoms with Crippen LogP contribution in [-0.2, 0) is 13.5 Å². The van der Waals surface area contributed by atoms with Gasteiger partial charge in [-0.05, 0) is 42.4 Å². The first-order valence-electron chi connectivity index (χ1n) is 7.37. The number of aromatic nitrogens is 1. The number of hydrogen-bond acceptors (Lipinski definition) is 1. The summed E-state index contributed by atoms with van der Waals surface area (Å²) in [4.78, 5) is 0. The highest BCUT2D eigenvalue weighted by Crippen LogP contribution is 2.20. The van der Waals surface area contributed by atoms with Crippen LogP contribution in [0.3, 0.4) is 0 Å². The van der Waals surface area contributed by atoms with Gasteiger partial charge in [0.25, 0.3) is 0 Å². The van der Waals surface area contributed by atoms with Crippen molar-refractivity contribution in [2.24, 2.45) is 7.05 Å². The molecule has 0 atom stereocenters. The van der Waals surface area contributed by atoms with Crippen molar-refractivity contribution < 1.29 is 0 Å². The monoisotopic (exact) mass is 309 g/mol. The number of thiocarbonyl (C=S) groups is 1. The van der Waals surface area contributed by atoms with E-state index in [0.717, 1.165) is 18.7 Å². The van der Waals surface area contributed by atoms with Crippen LogP contribution in [-0.4, -0.2) is 16.2 Å². The highest BCUT2D eigenvalue weighted by Gasteiger charge is 2.05. The average Bonchev–Trinajstić information content (AvgIpc) is 2.85. The molecule has 22 heavy (non-hydrogen) atoms. The summed E-state index contributed by atoms with van der Waals surface area (Å²) < 4.78 is 2.17. The smallest absolute Gasteiger partial charge is 0.170 e. The number of hydrogen-bond donors (Lipinski definition) is 2. The van der Waals surface area contributed by atoms with Crippen LogP contribution < -0.4 is 10.6 Å². The van der Waals surface area contributed by atoms with Gasteiger partial charge in [0.05, 0.1) is 0 Å². The Morgan fingerprint density at radius 2 is 1.77 bits per heavy atom. The largest absolute Gasteiger partial charge is 0.362 e. The quantitative estimate of drug-likeness (QED) is 0.720. The molecule has 4 heteroatoms. The van der Waals surface area contributed by atoms with Crippen molar-refractivity contribution in [3.05, 3.63) is 66.4 Å². The molecule has 1 heterocycles. The first-order valence-corrected chi connectivity index (χ1v) is 7.78. The maximum Gasteiger partial charge on any atom is 0.170 e. The van der Waals surface area contributed by atoms with Crippen molar-refractivity contribution in [3.8, 4) is 0 Å². The number of anilines is 1. The molecule has 2 aromatic carbocycles. The van der Waals surface area contributed by atoms with Crippen LogP contribution in [0, 0.1) is 0 Å². The van der Waals surface area contributed by atoms with Crippen molar-refractivity contribution in [3.63, 3.8) is 0 Å². The Morgan fingerprint density at radius 3 is 2.59 bits per heavy atom. The fourth-order valence-corrected chi connectivity index (χ4v) is 2.85. The Balaban J connectivity index is 1.57. The van der Waals surface area contributed by atoms with E-state index in [1.165, 1.54) is 16.5 Å². The third kappa shape index (κ3) is 3.28. The van der Waals surface area contributed by atoms with Gasteiger partial charge in [-0.2, -0.15) is 0 Å². The van der Waals surface area contributed by atoms with Crippen LogP contribution in [0.5, 0.6) is 0 Å². The van der Waals surface area contributed by atoms with Gasteiger partial charge in [-0.3, -0.25) is 0 Å². The predicted molar refractivity (Wildman–Crippen MR) is 97.3 cm³/mol. The Labute approximate surface area is 136 Å². The molecular formula is C18H19N3S. The van der Waals surface area contributed by atoms with Crippen LogP contribution >= 0.6 is 12.2 Å². The van der Waals surface area contributed by atoms with E-state index in [0.29, 0.717) is 5.11 Å². The van der Waals surface area contributed by atoms with Gasteiger partial charge < -0.3 is 15.2 Å². The van der Waals surface area contributed by atoms with E-state index >= 15 is 0 Å². The van der Waals surface area contributed by atoms with Gasteiger partial charge in [-0.25, -0.2) is 0 Å². The van der Waals surface area contributed by atoms with E-state index in [4.69, 9.17) is 12.2 Å². The summed E-state index contributed by atoms with van der Waals surface area (Å²) in [6, 6.07) is 18.4. The second-order valence-electron chi connectivity index (χ2n) is 5.28. The lowest BCUT2D eigenvalue weighted by Gasteiger charge is -2.10. The molecule has 0 spiro atoms. The van der Waals surface area contributed by atoms with Gasteiger partial charge in [0.15, 0.2) is 5.11 Å². The molecule has 0 aliphatic rings. The zero-order valence-electron chi connectivity index (χ0n) is 12.5. The number of rotatable bonds is 4. The molecule has 3 rings (SSSR count). The average molecular weight is 309 g/mol. The van der Waals surface area contributed by atoms with Gasteiger partial charge in [-0.1, -0.05) is 36.4 Å². The third-order valence-corrected chi connectivity index (χ3v) is 3.94. The van der Waals surface area contributed by atoms with Crippen LogP contribution in [0.25, 0.3) is 10.9 Å². The van der Waals surface area contributed by atoms with Gasteiger partial charge in [-0.15, -0.1) is 0 Å². The summed E-state index contributed by atoms with van der Waals surface area (Å²) >= 11 is 5.33. The maximum atomic E-state index is 5.33. The lowest BCUT2D eigenvalue weighted by atomic mass is 10.1. The fourth-order valence-electron chi connectivity index (χ4n) is 2.63. The topological polar surface area (TPSA) is 29.0 Å². The van der Waals surface area contributed by atoms with E-state index in [-0.39, 0.29) is 0 Å². The highest BCUT2D eigenvalue weighted by atomic mass is 32.1. The SMILES string of the molecule is Cn1cc(CCNC(=S)Nc2ccccc2)c2ccccc21. The summed E-state index contributed by atoms with van der Waals surface area (Å²) in [6.45, 7) is 0.812. The molecule has 3 nitrogen and oxygen atoms in total. The Kier molecular flexibility index (Phi) is 4.39. The first kappa shape index (κ1) is 14.6. The number of para-hydroxylation sites is 2. The molecular weight excluding hydrogens is 290 g/mol. The molecule has 0 amide bonds. The Morgan fingerprint density at radius 1 is 1.05 bits per heavy atom. The number of nitrogens with zero attached hydrogens (tertiary/aromatic N) is 1. The second-order valence-corrected chi connectivity index (χ2v) is 5.69. The van der Waals surface area contributed by atoms with E-state index in [9.17, 15) is 0 Å². The predicted octanol–water partition coefficient (Wildman–Crippen LogP) is 3.71. The molecule has 0 saturated carbocycles. The fraction of sp³-hybridized carbons (Fsp3) is 0.167.